The lowest BCUT2D eigenvalue weighted by molar-refractivity contribution is -0.127. The Balaban J connectivity index is 2.03. The molecule has 0 bridgehead atoms. The molecule has 0 spiro atoms. The van der Waals surface area contributed by atoms with E-state index in [0.717, 1.165) is 0 Å². The van der Waals surface area contributed by atoms with Crippen LogP contribution in [0.25, 0.3) is 0 Å². The van der Waals surface area contributed by atoms with Gasteiger partial charge in [0.05, 0.1) is 17.7 Å². The van der Waals surface area contributed by atoms with Crippen LogP contribution in [0.1, 0.15) is 20.8 Å². The quantitative estimate of drug-likeness (QED) is 0.668. The Kier molecular flexibility index (Phi) is 7.28. The Morgan fingerprint density at radius 3 is 2.32 bits per heavy atom. The summed E-state index contributed by atoms with van der Waals surface area (Å²) in [5.74, 6) is 1.09. The molecule has 2 aromatic carbocycles. The Bertz CT molecular complexity index is 895. The van der Waals surface area contributed by atoms with Gasteiger partial charge >= 0.3 is 0 Å². The first-order chi connectivity index (χ1) is 13.2. The van der Waals surface area contributed by atoms with E-state index in [-0.39, 0.29) is 10.8 Å². The number of nitrogens with one attached hydrogen (secondary N) is 2. The smallest absolute Gasteiger partial charge is 0.261 e. The predicted molar refractivity (Wildman–Crippen MR) is 108 cm³/mol. The first-order valence-electron chi connectivity index (χ1n) is 8.92. The van der Waals surface area contributed by atoms with E-state index in [1.807, 2.05) is 13.8 Å². The number of benzene rings is 2. The summed E-state index contributed by atoms with van der Waals surface area (Å²) in [6, 6.07) is 12.5. The largest absolute Gasteiger partial charge is 0.497 e. The molecule has 7 nitrogen and oxygen atoms in total. The number of sulfonamides is 1. The molecule has 0 saturated heterocycles. The van der Waals surface area contributed by atoms with Crippen molar-refractivity contribution in [2.24, 2.45) is 5.92 Å². The van der Waals surface area contributed by atoms with Gasteiger partial charge in [0.1, 0.15) is 11.5 Å². The zero-order valence-electron chi connectivity index (χ0n) is 16.4. The maximum Gasteiger partial charge on any atom is 0.261 e. The first-order valence-corrected chi connectivity index (χ1v) is 10.4. The standard InChI is InChI=1S/C20H26N2O5S/c1-14(2)13-21-20(23)15(3)27-17-8-10-19(11-9-17)28(24,25)22-16-6-5-7-18(12-16)26-4/h5-12,14-15,22H,13H2,1-4H3,(H,21,23)/t15-/m0/s1. The highest BCUT2D eigenvalue weighted by Gasteiger charge is 2.17. The van der Waals surface area contributed by atoms with Crippen molar-refractivity contribution in [1.29, 1.82) is 0 Å². The van der Waals surface area contributed by atoms with E-state index in [1.54, 1.807) is 31.2 Å². The predicted octanol–water partition coefficient (Wildman–Crippen LogP) is 3.04. The Morgan fingerprint density at radius 2 is 1.71 bits per heavy atom. The molecule has 0 aliphatic heterocycles. The Hall–Kier alpha value is -2.74. The van der Waals surface area contributed by atoms with Crippen molar-refractivity contribution in [2.75, 3.05) is 18.4 Å². The monoisotopic (exact) mass is 406 g/mol. The second kappa shape index (κ2) is 9.45. The highest BCUT2D eigenvalue weighted by Crippen LogP contribution is 2.22. The zero-order valence-corrected chi connectivity index (χ0v) is 17.2. The van der Waals surface area contributed by atoms with Crippen LogP contribution in [-0.4, -0.2) is 34.1 Å². The third kappa shape index (κ3) is 6.16. The molecule has 0 unspecified atom stereocenters. The van der Waals surface area contributed by atoms with Crippen LogP contribution in [-0.2, 0) is 14.8 Å². The van der Waals surface area contributed by atoms with Gasteiger partial charge in [0.25, 0.3) is 15.9 Å². The molecule has 2 rings (SSSR count). The Labute approximate surface area is 166 Å². The zero-order chi connectivity index (χ0) is 20.7. The lowest BCUT2D eigenvalue weighted by Crippen LogP contribution is -2.38. The van der Waals surface area contributed by atoms with Crippen LogP contribution in [0.5, 0.6) is 11.5 Å². The molecule has 2 N–H and O–H groups in total. The molecule has 0 aliphatic carbocycles. The molecule has 1 atom stereocenters. The maximum absolute atomic E-state index is 12.5. The lowest BCUT2D eigenvalue weighted by Gasteiger charge is -2.16. The van der Waals surface area contributed by atoms with Gasteiger partial charge in [-0.15, -0.1) is 0 Å². The van der Waals surface area contributed by atoms with E-state index in [9.17, 15) is 13.2 Å². The van der Waals surface area contributed by atoms with Crippen LogP contribution >= 0.6 is 0 Å². The van der Waals surface area contributed by atoms with Crippen molar-refractivity contribution in [3.05, 3.63) is 48.5 Å². The van der Waals surface area contributed by atoms with Gasteiger partial charge in [-0.3, -0.25) is 9.52 Å². The van der Waals surface area contributed by atoms with Crippen molar-refractivity contribution >= 4 is 21.6 Å². The molecule has 1 amide bonds. The third-order valence-corrected chi connectivity index (χ3v) is 5.22. The molecular formula is C20H26N2O5S. The van der Waals surface area contributed by atoms with Gasteiger partial charge < -0.3 is 14.8 Å². The van der Waals surface area contributed by atoms with E-state index in [2.05, 4.69) is 10.0 Å². The summed E-state index contributed by atoms with van der Waals surface area (Å²) in [6.07, 6.45) is -0.684. The van der Waals surface area contributed by atoms with Crippen LogP contribution in [0.2, 0.25) is 0 Å². The molecule has 0 aromatic heterocycles. The minimum Gasteiger partial charge on any atom is -0.497 e. The topological polar surface area (TPSA) is 93.7 Å². The minimum absolute atomic E-state index is 0.0829. The second-order valence-corrected chi connectivity index (χ2v) is 8.39. The van der Waals surface area contributed by atoms with Crippen LogP contribution in [0.4, 0.5) is 5.69 Å². The average molecular weight is 407 g/mol. The van der Waals surface area contributed by atoms with E-state index in [1.165, 1.54) is 31.4 Å². The summed E-state index contributed by atoms with van der Waals surface area (Å²) in [4.78, 5) is 12.1. The van der Waals surface area contributed by atoms with E-state index in [0.29, 0.717) is 29.6 Å². The van der Waals surface area contributed by atoms with Gasteiger partial charge in [-0.25, -0.2) is 8.42 Å². The van der Waals surface area contributed by atoms with Crippen LogP contribution in [0, 0.1) is 5.92 Å². The Morgan fingerprint density at radius 1 is 1.04 bits per heavy atom. The summed E-state index contributed by atoms with van der Waals surface area (Å²) < 4.78 is 38.2. The minimum atomic E-state index is -3.76. The van der Waals surface area contributed by atoms with Gasteiger partial charge in [-0.2, -0.15) is 0 Å². The van der Waals surface area contributed by atoms with Crippen molar-refractivity contribution in [2.45, 2.75) is 31.8 Å². The number of amides is 1. The van der Waals surface area contributed by atoms with Crippen molar-refractivity contribution in [3.63, 3.8) is 0 Å². The normalized spacial score (nSPS) is 12.3. The molecule has 0 saturated carbocycles. The average Bonchev–Trinajstić information content (AvgIpc) is 2.66. The fourth-order valence-electron chi connectivity index (χ4n) is 2.30. The SMILES string of the molecule is COc1cccc(NS(=O)(=O)c2ccc(O[C@@H](C)C(=O)NCC(C)C)cc2)c1. The summed E-state index contributed by atoms with van der Waals surface area (Å²) in [5.41, 5.74) is 0.398. The summed E-state index contributed by atoms with van der Waals surface area (Å²) in [7, 11) is -2.25. The lowest BCUT2D eigenvalue weighted by atomic mass is 10.2. The molecule has 0 radical (unpaired) electrons. The van der Waals surface area contributed by atoms with E-state index in [4.69, 9.17) is 9.47 Å². The van der Waals surface area contributed by atoms with Crippen molar-refractivity contribution < 1.29 is 22.7 Å². The van der Waals surface area contributed by atoms with E-state index < -0.39 is 16.1 Å². The van der Waals surface area contributed by atoms with Gasteiger partial charge in [-0.05, 0) is 49.2 Å². The number of hydrogen-bond donors (Lipinski definition) is 2. The first kappa shape index (κ1) is 21.6. The number of rotatable bonds is 9. The molecule has 28 heavy (non-hydrogen) atoms. The molecular weight excluding hydrogens is 380 g/mol. The molecule has 8 heteroatoms. The molecule has 0 fully saturated rings. The number of hydrogen-bond acceptors (Lipinski definition) is 5. The number of ether oxygens (including phenoxy) is 2. The number of carbonyl (C=O) groups excluding carboxylic acids is 1. The summed E-state index contributed by atoms with van der Waals surface area (Å²) in [5, 5.41) is 2.79. The van der Waals surface area contributed by atoms with Crippen molar-refractivity contribution in [1.82, 2.24) is 5.32 Å². The molecule has 152 valence electrons. The van der Waals surface area contributed by atoms with Gasteiger partial charge in [-0.1, -0.05) is 19.9 Å². The second-order valence-electron chi connectivity index (χ2n) is 6.71. The molecule has 2 aromatic rings. The highest BCUT2D eigenvalue weighted by molar-refractivity contribution is 7.92. The summed E-state index contributed by atoms with van der Waals surface area (Å²) in [6.45, 7) is 6.22. The van der Waals surface area contributed by atoms with Crippen LogP contribution in [0.15, 0.2) is 53.4 Å². The fourth-order valence-corrected chi connectivity index (χ4v) is 3.35. The van der Waals surface area contributed by atoms with Crippen LogP contribution in [0.3, 0.4) is 0 Å². The highest BCUT2D eigenvalue weighted by atomic mass is 32.2. The fraction of sp³-hybridized carbons (Fsp3) is 0.350. The van der Waals surface area contributed by atoms with E-state index >= 15 is 0 Å². The third-order valence-electron chi connectivity index (χ3n) is 3.82. The van der Waals surface area contributed by atoms with Gasteiger partial charge in [0.15, 0.2) is 6.10 Å². The number of carbonyl (C=O) groups is 1. The molecule has 0 aliphatic rings. The van der Waals surface area contributed by atoms with Crippen molar-refractivity contribution in [3.8, 4) is 11.5 Å². The van der Waals surface area contributed by atoms with Gasteiger partial charge in [0.2, 0.25) is 0 Å². The summed E-state index contributed by atoms with van der Waals surface area (Å²) >= 11 is 0. The maximum atomic E-state index is 12.5. The molecule has 0 heterocycles. The number of anilines is 1. The van der Waals surface area contributed by atoms with Crippen LogP contribution < -0.4 is 19.5 Å². The van der Waals surface area contributed by atoms with Gasteiger partial charge in [0, 0.05) is 12.6 Å². The number of methoxy groups -OCH3 is 1.